The van der Waals surface area contributed by atoms with Crippen molar-refractivity contribution in [2.45, 2.75) is 25.3 Å². The second-order valence-electron chi connectivity index (χ2n) is 5.80. The van der Waals surface area contributed by atoms with Gasteiger partial charge in [-0.2, -0.15) is 5.10 Å². The lowest BCUT2D eigenvalue weighted by atomic mass is 10.1. The third kappa shape index (κ3) is 3.59. The highest BCUT2D eigenvalue weighted by Gasteiger charge is 2.33. The predicted molar refractivity (Wildman–Crippen MR) is 86.7 cm³/mol. The first-order chi connectivity index (χ1) is 11.1. The highest BCUT2D eigenvalue weighted by atomic mass is 16.2. The first-order valence-corrected chi connectivity index (χ1v) is 7.76. The van der Waals surface area contributed by atoms with Crippen LogP contribution in [0.5, 0.6) is 0 Å². The number of aryl methyl sites for hydroxylation is 1. The van der Waals surface area contributed by atoms with E-state index in [1.54, 1.807) is 29.0 Å². The highest BCUT2D eigenvalue weighted by Crippen LogP contribution is 2.20. The summed E-state index contributed by atoms with van der Waals surface area (Å²) in [7, 11) is 1.79. The van der Waals surface area contributed by atoms with Gasteiger partial charge in [-0.15, -0.1) is 0 Å². The van der Waals surface area contributed by atoms with Crippen molar-refractivity contribution in [1.82, 2.24) is 14.7 Å². The Labute approximate surface area is 135 Å². The van der Waals surface area contributed by atoms with Crippen molar-refractivity contribution in [3.05, 3.63) is 48.3 Å². The summed E-state index contributed by atoms with van der Waals surface area (Å²) in [6.45, 7) is 0.636. The van der Waals surface area contributed by atoms with E-state index in [9.17, 15) is 9.59 Å². The number of hydrogen-bond acceptors (Lipinski definition) is 3. The molecule has 1 unspecified atom stereocenters. The molecule has 120 valence electrons. The van der Waals surface area contributed by atoms with Crippen LogP contribution in [-0.4, -0.2) is 39.1 Å². The number of likely N-dealkylation sites (tertiary alicyclic amines) is 1. The summed E-state index contributed by atoms with van der Waals surface area (Å²) < 4.78 is 1.63. The molecule has 1 fully saturated rings. The number of carbonyl (C=O) groups is 2. The van der Waals surface area contributed by atoms with Crippen LogP contribution in [0.15, 0.2) is 42.7 Å². The van der Waals surface area contributed by atoms with E-state index in [-0.39, 0.29) is 11.8 Å². The number of anilines is 1. The minimum atomic E-state index is -0.397. The Morgan fingerprint density at radius 2 is 2.09 bits per heavy atom. The highest BCUT2D eigenvalue weighted by molar-refractivity contribution is 5.97. The van der Waals surface area contributed by atoms with Crippen LogP contribution in [0.25, 0.3) is 0 Å². The minimum absolute atomic E-state index is 0.0000340. The molecule has 0 radical (unpaired) electrons. The van der Waals surface area contributed by atoms with Crippen molar-refractivity contribution in [2.75, 3.05) is 11.9 Å². The van der Waals surface area contributed by atoms with Crippen LogP contribution in [0.1, 0.15) is 18.4 Å². The Balaban J connectivity index is 1.64. The van der Waals surface area contributed by atoms with Crippen molar-refractivity contribution >= 4 is 17.5 Å². The van der Waals surface area contributed by atoms with Gasteiger partial charge in [0, 0.05) is 19.8 Å². The van der Waals surface area contributed by atoms with Gasteiger partial charge in [0.25, 0.3) is 0 Å². The van der Waals surface area contributed by atoms with Gasteiger partial charge in [-0.25, -0.2) is 0 Å². The zero-order chi connectivity index (χ0) is 16.2. The second-order valence-corrected chi connectivity index (χ2v) is 5.80. The van der Waals surface area contributed by atoms with Crippen molar-refractivity contribution in [3.63, 3.8) is 0 Å². The van der Waals surface area contributed by atoms with Gasteiger partial charge >= 0.3 is 0 Å². The molecule has 6 heteroatoms. The molecule has 0 spiro atoms. The van der Waals surface area contributed by atoms with Gasteiger partial charge in [-0.05, 0) is 18.4 Å². The first kappa shape index (κ1) is 15.3. The summed E-state index contributed by atoms with van der Waals surface area (Å²) in [6, 6.07) is 9.22. The van der Waals surface area contributed by atoms with Crippen molar-refractivity contribution in [2.24, 2.45) is 7.05 Å². The lowest BCUT2D eigenvalue weighted by Crippen LogP contribution is -2.43. The summed E-state index contributed by atoms with van der Waals surface area (Å²) in [5.74, 6) is -0.142. The van der Waals surface area contributed by atoms with E-state index in [0.717, 1.165) is 12.0 Å². The van der Waals surface area contributed by atoms with E-state index >= 15 is 0 Å². The molecule has 0 bridgehead atoms. The number of nitrogens with zero attached hydrogens (tertiary/aromatic N) is 3. The monoisotopic (exact) mass is 312 g/mol. The molecule has 1 N–H and O–H groups in total. The van der Waals surface area contributed by atoms with Crippen LogP contribution in [0.3, 0.4) is 0 Å². The van der Waals surface area contributed by atoms with E-state index in [0.29, 0.717) is 25.1 Å². The van der Waals surface area contributed by atoms with E-state index in [1.165, 1.54) is 0 Å². The Morgan fingerprint density at radius 1 is 1.30 bits per heavy atom. The number of benzene rings is 1. The summed E-state index contributed by atoms with van der Waals surface area (Å²) in [5.41, 5.74) is 1.62. The molecule has 1 aliphatic rings. The molecule has 1 aromatic carbocycles. The Morgan fingerprint density at radius 3 is 2.78 bits per heavy atom. The lowest BCUT2D eigenvalue weighted by molar-refractivity contribution is -0.136. The van der Waals surface area contributed by atoms with Gasteiger partial charge < -0.3 is 10.2 Å². The molecule has 0 saturated carbocycles. The molecular formula is C17H20N4O2. The quantitative estimate of drug-likeness (QED) is 0.932. The van der Waals surface area contributed by atoms with E-state index in [4.69, 9.17) is 0 Å². The molecule has 1 aromatic heterocycles. The number of amides is 2. The van der Waals surface area contributed by atoms with Crippen LogP contribution in [0.4, 0.5) is 5.69 Å². The number of aromatic nitrogens is 2. The molecule has 3 rings (SSSR count). The Bertz CT molecular complexity index is 696. The molecule has 23 heavy (non-hydrogen) atoms. The largest absolute Gasteiger partial charge is 0.330 e. The fraction of sp³-hybridized carbons (Fsp3) is 0.353. The topological polar surface area (TPSA) is 67.2 Å². The summed E-state index contributed by atoms with van der Waals surface area (Å²) >= 11 is 0. The average molecular weight is 312 g/mol. The number of rotatable bonds is 4. The van der Waals surface area contributed by atoms with Crippen molar-refractivity contribution in [1.29, 1.82) is 0 Å². The molecule has 1 atom stereocenters. The van der Waals surface area contributed by atoms with Gasteiger partial charge in [0.15, 0.2) is 0 Å². The molecule has 1 saturated heterocycles. The maximum absolute atomic E-state index is 12.5. The van der Waals surface area contributed by atoms with Crippen molar-refractivity contribution < 1.29 is 9.59 Å². The number of carbonyl (C=O) groups excluding carboxylic acids is 2. The molecule has 2 heterocycles. The third-order valence-corrected chi connectivity index (χ3v) is 4.05. The molecule has 2 amide bonds. The van der Waals surface area contributed by atoms with Gasteiger partial charge in [0.2, 0.25) is 11.8 Å². The molecule has 2 aromatic rings. The van der Waals surface area contributed by atoms with E-state index < -0.39 is 6.04 Å². The Kier molecular flexibility index (Phi) is 4.41. The predicted octanol–water partition coefficient (Wildman–Crippen LogP) is 1.59. The Hall–Kier alpha value is -2.63. The smallest absolute Gasteiger partial charge is 0.247 e. The summed E-state index contributed by atoms with van der Waals surface area (Å²) in [5, 5.41) is 6.86. The average Bonchev–Trinajstić information content (AvgIpc) is 3.17. The van der Waals surface area contributed by atoms with Crippen molar-refractivity contribution in [3.8, 4) is 0 Å². The maximum atomic E-state index is 12.5. The van der Waals surface area contributed by atoms with Crippen LogP contribution >= 0.6 is 0 Å². The summed E-state index contributed by atoms with van der Waals surface area (Å²) in [6.07, 6.45) is 5.22. The number of hydrogen-bond donors (Lipinski definition) is 1. The van der Waals surface area contributed by atoms with Crippen LogP contribution in [0.2, 0.25) is 0 Å². The van der Waals surface area contributed by atoms with Crippen LogP contribution < -0.4 is 5.32 Å². The third-order valence-electron chi connectivity index (χ3n) is 4.05. The van der Waals surface area contributed by atoms with Gasteiger partial charge in [-0.3, -0.25) is 14.3 Å². The standard InChI is InChI=1S/C17H20N4O2/c1-20-12-14(11-18-20)19-17(23)15-8-5-9-21(15)16(22)10-13-6-3-2-4-7-13/h2-4,6-7,11-12,15H,5,8-10H2,1H3,(H,19,23). The second kappa shape index (κ2) is 6.64. The lowest BCUT2D eigenvalue weighted by Gasteiger charge is -2.23. The molecule has 6 nitrogen and oxygen atoms in total. The first-order valence-electron chi connectivity index (χ1n) is 7.76. The SMILES string of the molecule is Cn1cc(NC(=O)C2CCCN2C(=O)Cc2ccccc2)cn1. The van der Waals surface area contributed by atoms with Crippen LogP contribution in [-0.2, 0) is 23.1 Å². The molecule has 0 aliphatic carbocycles. The normalized spacial score (nSPS) is 17.3. The van der Waals surface area contributed by atoms with E-state index in [1.807, 2.05) is 30.3 Å². The fourth-order valence-corrected chi connectivity index (χ4v) is 2.92. The van der Waals surface area contributed by atoms with E-state index in [2.05, 4.69) is 10.4 Å². The van der Waals surface area contributed by atoms with Gasteiger partial charge in [-0.1, -0.05) is 30.3 Å². The van der Waals surface area contributed by atoms with Gasteiger partial charge in [0.05, 0.1) is 18.3 Å². The molecular weight excluding hydrogens is 292 g/mol. The molecule has 1 aliphatic heterocycles. The zero-order valence-corrected chi connectivity index (χ0v) is 13.1. The fourth-order valence-electron chi connectivity index (χ4n) is 2.92. The van der Waals surface area contributed by atoms with Gasteiger partial charge in [0.1, 0.15) is 6.04 Å². The summed E-state index contributed by atoms with van der Waals surface area (Å²) in [4.78, 5) is 26.7. The maximum Gasteiger partial charge on any atom is 0.247 e. The minimum Gasteiger partial charge on any atom is -0.330 e. The zero-order valence-electron chi connectivity index (χ0n) is 13.1. The number of nitrogens with one attached hydrogen (secondary N) is 1. The van der Waals surface area contributed by atoms with Crippen LogP contribution in [0, 0.1) is 0 Å².